The van der Waals surface area contributed by atoms with Gasteiger partial charge in [-0.1, -0.05) is 0 Å². The number of phenols is 1. The number of nitrogens with one attached hydrogen (secondary N) is 2. The monoisotopic (exact) mass is 247 g/mol. The first-order valence-corrected chi connectivity index (χ1v) is 5.33. The number of aromatic amines is 1. The molecule has 0 saturated carbocycles. The Balaban J connectivity index is 2.02. The summed E-state index contributed by atoms with van der Waals surface area (Å²) >= 11 is 0. The molecule has 3 N–H and O–H groups in total. The Morgan fingerprint density at radius 3 is 3.00 bits per heavy atom. The van der Waals surface area contributed by atoms with E-state index in [0.717, 1.165) is 5.56 Å². The Labute approximate surface area is 104 Å². The van der Waals surface area contributed by atoms with Gasteiger partial charge in [0.15, 0.2) is 11.5 Å². The fourth-order valence-corrected chi connectivity index (χ4v) is 1.49. The lowest BCUT2D eigenvalue weighted by atomic mass is 10.2. The molecule has 0 radical (unpaired) electrons. The van der Waals surface area contributed by atoms with E-state index >= 15 is 0 Å². The first-order chi connectivity index (χ1) is 8.70. The van der Waals surface area contributed by atoms with Crippen molar-refractivity contribution in [2.75, 3.05) is 7.11 Å². The van der Waals surface area contributed by atoms with E-state index < -0.39 is 0 Å². The van der Waals surface area contributed by atoms with Crippen LogP contribution in [-0.2, 0) is 6.54 Å². The zero-order valence-corrected chi connectivity index (χ0v) is 9.80. The molecule has 18 heavy (non-hydrogen) atoms. The van der Waals surface area contributed by atoms with E-state index in [2.05, 4.69) is 15.5 Å². The Morgan fingerprint density at radius 2 is 2.39 bits per heavy atom. The minimum Gasteiger partial charge on any atom is -0.504 e. The van der Waals surface area contributed by atoms with Crippen LogP contribution in [0.1, 0.15) is 15.9 Å². The van der Waals surface area contributed by atoms with Gasteiger partial charge >= 0.3 is 0 Å². The number of benzene rings is 1. The third-order valence-electron chi connectivity index (χ3n) is 2.45. The van der Waals surface area contributed by atoms with Crippen molar-refractivity contribution in [3.8, 4) is 11.5 Å². The maximum Gasteiger partial charge on any atom is 0.251 e. The molecule has 0 aliphatic heterocycles. The minimum atomic E-state index is -0.269. The van der Waals surface area contributed by atoms with Crippen LogP contribution in [0.25, 0.3) is 0 Å². The predicted octanol–water partition coefficient (Wildman–Crippen LogP) is 1.05. The molecule has 0 spiro atoms. The number of amides is 1. The van der Waals surface area contributed by atoms with Gasteiger partial charge in [-0.25, -0.2) is 0 Å². The fraction of sp³-hybridized carbons (Fsp3) is 0.167. The van der Waals surface area contributed by atoms with Gasteiger partial charge in [-0.3, -0.25) is 9.89 Å². The molecule has 2 rings (SSSR count). The number of carbonyl (C=O) groups is 1. The van der Waals surface area contributed by atoms with Crippen molar-refractivity contribution < 1.29 is 14.6 Å². The van der Waals surface area contributed by atoms with Gasteiger partial charge in [0, 0.05) is 23.9 Å². The van der Waals surface area contributed by atoms with Crippen molar-refractivity contribution in [1.29, 1.82) is 0 Å². The second-order valence-corrected chi connectivity index (χ2v) is 3.68. The number of aromatic nitrogens is 2. The largest absolute Gasteiger partial charge is 0.504 e. The van der Waals surface area contributed by atoms with Crippen LogP contribution >= 0.6 is 0 Å². The molecule has 1 aromatic heterocycles. The third kappa shape index (κ3) is 2.60. The third-order valence-corrected chi connectivity index (χ3v) is 2.45. The molecule has 94 valence electrons. The molecule has 1 heterocycles. The maximum absolute atomic E-state index is 11.8. The lowest BCUT2D eigenvalue weighted by Crippen LogP contribution is -2.22. The van der Waals surface area contributed by atoms with Crippen molar-refractivity contribution >= 4 is 5.91 Å². The molecule has 1 amide bonds. The molecule has 0 fully saturated rings. The Hall–Kier alpha value is -2.50. The van der Waals surface area contributed by atoms with E-state index in [4.69, 9.17) is 4.74 Å². The molecule has 2 aromatic rings. The molecule has 0 saturated heterocycles. The zero-order valence-electron chi connectivity index (χ0n) is 9.80. The lowest BCUT2D eigenvalue weighted by Gasteiger charge is -2.06. The molecule has 0 atom stereocenters. The van der Waals surface area contributed by atoms with E-state index in [1.807, 2.05) is 0 Å². The first kappa shape index (κ1) is 12.0. The number of phenolic OH excluding ortho intramolecular Hbond substituents is 1. The summed E-state index contributed by atoms with van der Waals surface area (Å²) in [6, 6.07) is 4.49. The summed E-state index contributed by atoms with van der Waals surface area (Å²) in [5, 5.41) is 18.7. The Bertz CT molecular complexity index is 538. The predicted molar refractivity (Wildman–Crippen MR) is 64.4 cm³/mol. The van der Waals surface area contributed by atoms with E-state index in [0.29, 0.717) is 17.9 Å². The smallest absolute Gasteiger partial charge is 0.251 e. The van der Waals surface area contributed by atoms with Gasteiger partial charge in [0.05, 0.1) is 13.3 Å². The molecule has 0 aliphatic rings. The number of hydrogen-bond donors (Lipinski definition) is 3. The number of nitrogens with zero attached hydrogens (tertiary/aromatic N) is 1. The summed E-state index contributed by atoms with van der Waals surface area (Å²) in [4.78, 5) is 11.8. The number of methoxy groups -OCH3 is 1. The topological polar surface area (TPSA) is 87.2 Å². The SMILES string of the molecule is COc1ccc(C(=O)NCc2cn[nH]c2)cc1O. The summed E-state index contributed by atoms with van der Waals surface area (Å²) in [6.45, 7) is 0.377. The van der Waals surface area contributed by atoms with Crippen molar-refractivity contribution in [2.24, 2.45) is 0 Å². The second kappa shape index (κ2) is 5.22. The number of aromatic hydroxyl groups is 1. The Kier molecular flexibility index (Phi) is 3.47. The molecular weight excluding hydrogens is 234 g/mol. The van der Waals surface area contributed by atoms with Crippen LogP contribution in [0.15, 0.2) is 30.6 Å². The van der Waals surface area contributed by atoms with Crippen molar-refractivity contribution in [3.05, 3.63) is 41.7 Å². The van der Waals surface area contributed by atoms with Gasteiger partial charge in [0.2, 0.25) is 0 Å². The van der Waals surface area contributed by atoms with Gasteiger partial charge < -0.3 is 15.2 Å². The number of hydrogen-bond acceptors (Lipinski definition) is 4. The van der Waals surface area contributed by atoms with Crippen LogP contribution in [0.3, 0.4) is 0 Å². The molecule has 0 bridgehead atoms. The quantitative estimate of drug-likeness (QED) is 0.753. The van der Waals surface area contributed by atoms with Gasteiger partial charge in [-0.05, 0) is 18.2 Å². The number of ether oxygens (including phenoxy) is 1. The molecule has 6 nitrogen and oxygen atoms in total. The van der Waals surface area contributed by atoms with Gasteiger partial charge in [0.1, 0.15) is 0 Å². The van der Waals surface area contributed by atoms with E-state index in [-0.39, 0.29) is 11.7 Å². The molecule has 1 aromatic carbocycles. The van der Waals surface area contributed by atoms with Gasteiger partial charge in [0.25, 0.3) is 5.91 Å². The normalized spacial score (nSPS) is 10.1. The summed E-state index contributed by atoms with van der Waals surface area (Å²) in [5.74, 6) is 0.00370. The highest BCUT2D eigenvalue weighted by Crippen LogP contribution is 2.26. The minimum absolute atomic E-state index is 0.0616. The molecule has 0 aliphatic carbocycles. The number of H-pyrrole nitrogens is 1. The van der Waals surface area contributed by atoms with Crippen LogP contribution in [0.5, 0.6) is 11.5 Å². The lowest BCUT2D eigenvalue weighted by molar-refractivity contribution is 0.0950. The van der Waals surface area contributed by atoms with Crippen molar-refractivity contribution in [3.63, 3.8) is 0 Å². The van der Waals surface area contributed by atoms with E-state index in [1.165, 1.54) is 13.2 Å². The van der Waals surface area contributed by atoms with Crippen molar-refractivity contribution in [1.82, 2.24) is 15.5 Å². The van der Waals surface area contributed by atoms with Crippen molar-refractivity contribution in [2.45, 2.75) is 6.54 Å². The van der Waals surface area contributed by atoms with Gasteiger partial charge in [-0.15, -0.1) is 0 Å². The average Bonchev–Trinajstić information content (AvgIpc) is 2.89. The Morgan fingerprint density at radius 1 is 1.56 bits per heavy atom. The van der Waals surface area contributed by atoms with Crippen LogP contribution in [0.4, 0.5) is 0 Å². The standard InChI is InChI=1S/C12H13N3O3/c1-18-11-3-2-9(4-10(11)16)12(17)13-5-8-6-14-15-7-8/h2-4,6-7,16H,5H2,1H3,(H,13,17)(H,14,15). The average molecular weight is 247 g/mol. The summed E-state index contributed by atoms with van der Waals surface area (Å²) < 4.78 is 4.90. The summed E-state index contributed by atoms with van der Waals surface area (Å²) in [5.41, 5.74) is 1.25. The van der Waals surface area contributed by atoms with E-state index in [1.54, 1.807) is 24.5 Å². The maximum atomic E-state index is 11.8. The number of carbonyl (C=O) groups excluding carboxylic acids is 1. The highest BCUT2D eigenvalue weighted by molar-refractivity contribution is 5.94. The molecular formula is C12H13N3O3. The van der Waals surface area contributed by atoms with Crippen LogP contribution < -0.4 is 10.1 Å². The first-order valence-electron chi connectivity index (χ1n) is 5.33. The van der Waals surface area contributed by atoms with Crippen LogP contribution in [0.2, 0.25) is 0 Å². The van der Waals surface area contributed by atoms with E-state index in [9.17, 15) is 9.90 Å². The van der Waals surface area contributed by atoms with Crippen LogP contribution in [0, 0.1) is 0 Å². The number of rotatable bonds is 4. The summed E-state index contributed by atoms with van der Waals surface area (Å²) in [6.07, 6.45) is 3.33. The fourth-order valence-electron chi connectivity index (χ4n) is 1.49. The summed E-state index contributed by atoms with van der Waals surface area (Å²) in [7, 11) is 1.45. The molecule has 6 heteroatoms. The zero-order chi connectivity index (χ0) is 13.0. The molecule has 0 unspecified atom stereocenters. The second-order valence-electron chi connectivity index (χ2n) is 3.68. The van der Waals surface area contributed by atoms with Crippen LogP contribution in [-0.4, -0.2) is 28.3 Å². The highest BCUT2D eigenvalue weighted by Gasteiger charge is 2.09. The highest BCUT2D eigenvalue weighted by atomic mass is 16.5. The van der Waals surface area contributed by atoms with Gasteiger partial charge in [-0.2, -0.15) is 5.10 Å².